The van der Waals surface area contributed by atoms with Crippen LogP contribution in [0.2, 0.25) is 0 Å². The number of ether oxygens (including phenoxy) is 2. The van der Waals surface area contributed by atoms with Crippen molar-refractivity contribution in [2.45, 2.75) is 23.8 Å². The Morgan fingerprint density at radius 3 is 2.58 bits per heavy atom. The first-order valence-corrected chi connectivity index (χ1v) is 7.70. The Kier molecular flexibility index (Phi) is 4.44. The zero-order chi connectivity index (χ0) is 13.9. The van der Waals surface area contributed by atoms with Crippen LogP contribution in [-0.2, 0) is 14.8 Å². The summed E-state index contributed by atoms with van der Waals surface area (Å²) in [5.41, 5.74) is 0. The molecule has 0 aliphatic carbocycles. The number of sulfonamides is 1. The molecular weight excluding hydrogens is 266 g/mol. The Morgan fingerprint density at radius 2 is 2.05 bits per heavy atom. The first-order valence-electron chi connectivity index (χ1n) is 6.26. The normalized spacial score (nSPS) is 19.8. The number of hydrogen-bond donors (Lipinski definition) is 0. The molecule has 106 valence electrons. The summed E-state index contributed by atoms with van der Waals surface area (Å²) in [6.45, 7) is 1.12. The van der Waals surface area contributed by atoms with Crippen molar-refractivity contribution in [3.63, 3.8) is 0 Å². The van der Waals surface area contributed by atoms with E-state index >= 15 is 0 Å². The molecule has 19 heavy (non-hydrogen) atoms. The van der Waals surface area contributed by atoms with Gasteiger partial charge in [0.05, 0.1) is 18.1 Å². The van der Waals surface area contributed by atoms with Gasteiger partial charge in [0.2, 0.25) is 10.0 Å². The molecule has 1 heterocycles. The molecule has 1 aromatic rings. The van der Waals surface area contributed by atoms with E-state index in [0.29, 0.717) is 12.3 Å². The molecule has 1 atom stereocenters. The third-order valence-corrected chi connectivity index (χ3v) is 5.09. The highest BCUT2D eigenvalue weighted by molar-refractivity contribution is 7.89. The summed E-state index contributed by atoms with van der Waals surface area (Å²) >= 11 is 0. The van der Waals surface area contributed by atoms with Crippen LogP contribution in [0.4, 0.5) is 0 Å². The van der Waals surface area contributed by atoms with Crippen LogP contribution >= 0.6 is 0 Å². The second-order valence-corrected chi connectivity index (χ2v) is 6.64. The topological polar surface area (TPSA) is 55.8 Å². The van der Waals surface area contributed by atoms with E-state index in [0.717, 1.165) is 19.4 Å². The number of nitrogens with zero attached hydrogens (tertiary/aromatic N) is 1. The predicted octanol–water partition coefficient (Wildman–Crippen LogP) is 1.49. The van der Waals surface area contributed by atoms with Gasteiger partial charge < -0.3 is 9.47 Å². The van der Waals surface area contributed by atoms with Gasteiger partial charge in [-0.3, -0.25) is 0 Å². The van der Waals surface area contributed by atoms with E-state index in [1.165, 1.54) is 4.31 Å². The van der Waals surface area contributed by atoms with Crippen LogP contribution in [0.1, 0.15) is 12.8 Å². The van der Waals surface area contributed by atoms with Gasteiger partial charge in [0.15, 0.2) is 0 Å². The van der Waals surface area contributed by atoms with Crippen molar-refractivity contribution in [1.29, 1.82) is 0 Å². The van der Waals surface area contributed by atoms with E-state index in [-0.39, 0.29) is 11.0 Å². The predicted molar refractivity (Wildman–Crippen MR) is 71.8 cm³/mol. The SMILES string of the molecule is COc1ccc(S(=O)(=O)N(C)CC2CCCO2)cc1. The molecule has 5 nitrogen and oxygen atoms in total. The van der Waals surface area contributed by atoms with Crippen molar-refractivity contribution in [2.75, 3.05) is 27.3 Å². The van der Waals surface area contributed by atoms with Crippen LogP contribution in [0.25, 0.3) is 0 Å². The van der Waals surface area contributed by atoms with Gasteiger partial charge in [0.1, 0.15) is 5.75 Å². The Labute approximate surface area is 114 Å². The zero-order valence-electron chi connectivity index (χ0n) is 11.2. The molecule has 0 aromatic heterocycles. The monoisotopic (exact) mass is 285 g/mol. The van der Waals surface area contributed by atoms with Gasteiger partial charge in [0, 0.05) is 20.2 Å². The maximum Gasteiger partial charge on any atom is 0.242 e. The highest BCUT2D eigenvalue weighted by Crippen LogP contribution is 2.20. The standard InChI is InChI=1S/C13H19NO4S/c1-14(10-12-4-3-9-18-12)19(15,16)13-7-5-11(17-2)6-8-13/h5-8,12H,3-4,9-10H2,1-2H3. The van der Waals surface area contributed by atoms with Gasteiger partial charge in [-0.15, -0.1) is 0 Å². The second-order valence-electron chi connectivity index (χ2n) is 4.60. The smallest absolute Gasteiger partial charge is 0.242 e. The first-order chi connectivity index (χ1) is 9.04. The number of hydrogen-bond acceptors (Lipinski definition) is 4. The first kappa shape index (κ1) is 14.3. The lowest BCUT2D eigenvalue weighted by molar-refractivity contribution is 0.0979. The van der Waals surface area contributed by atoms with E-state index in [2.05, 4.69) is 0 Å². The van der Waals surface area contributed by atoms with Gasteiger partial charge >= 0.3 is 0 Å². The molecule has 2 rings (SSSR count). The highest BCUT2D eigenvalue weighted by Gasteiger charge is 2.25. The summed E-state index contributed by atoms with van der Waals surface area (Å²) in [7, 11) is -0.320. The van der Waals surface area contributed by atoms with Crippen molar-refractivity contribution in [2.24, 2.45) is 0 Å². The van der Waals surface area contributed by atoms with Crippen molar-refractivity contribution < 1.29 is 17.9 Å². The molecule has 0 radical (unpaired) electrons. The minimum absolute atomic E-state index is 0.0121. The van der Waals surface area contributed by atoms with Gasteiger partial charge in [-0.25, -0.2) is 8.42 Å². The quantitative estimate of drug-likeness (QED) is 0.822. The van der Waals surface area contributed by atoms with E-state index in [9.17, 15) is 8.42 Å². The Morgan fingerprint density at radius 1 is 1.37 bits per heavy atom. The molecule has 1 aromatic carbocycles. The van der Waals surface area contributed by atoms with Gasteiger partial charge in [-0.1, -0.05) is 0 Å². The molecule has 0 spiro atoms. The Bertz CT molecular complexity index is 506. The summed E-state index contributed by atoms with van der Waals surface area (Å²) in [5.74, 6) is 0.640. The maximum absolute atomic E-state index is 12.3. The van der Waals surface area contributed by atoms with E-state index < -0.39 is 10.0 Å². The summed E-state index contributed by atoms with van der Waals surface area (Å²) in [4.78, 5) is 0.272. The minimum atomic E-state index is -3.45. The molecule has 1 saturated heterocycles. The van der Waals surface area contributed by atoms with Crippen LogP contribution < -0.4 is 4.74 Å². The van der Waals surface area contributed by atoms with Crippen LogP contribution in [0.3, 0.4) is 0 Å². The van der Waals surface area contributed by atoms with Gasteiger partial charge in [-0.2, -0.15) is 4.31 Å². The minimum Gasteiger partial charge on any atom is -0.497 e. The summed E-state index contributed by atoms with van der Waals surface area (Å²) < 4.78 is 36.5. The number of benzene rings is 1. The molecule has 1 aliphatic rings. The lowest BCUT2D eigenvalue weighted by atomic mass is 10.2. The van der Waals surface area contributed by atoms with Gasteiger partial charge in [0.25, 0.3) is 0 Å². The van der Waals surface area contributed by atoms with E-state index in [1.54, 1.807) is 38.4 Å². The van der Waals surface area contributed by atoms with Crippen molar-refractivity contribution in [1.82, 2.24) is 4.31 Å². The van der Waals surface area contributed by atoms with Crippen molar-refractivity contribution in [3.05, 3.63) is 24.3 Å². The largest absolute Gasteiger partial charge is 0.497 e. The molecule has 1 aliphatic heterocycles. The summed E-state index contributed by atoms with van der Waals surface area (Å²) in [5, 5.41) is 0. The van der Waals surface area contributed by atoms with E-state index in [4.69, 9.17) is 9.47 Å². The summed E-state index contributed by atoms with van der Waals surface area (Å²) in [6.07, 6.45) is 1.93. The fourth-order valence-corrected chi connectivity index (χ4v) is 3.30. The number of rotatable bonds is 5. The fourth-order valence-electron chi connectivity index (χ4n) is 2.10. The average Bonchev–Trinajstić information content (AvgIpc) is 2.91. The molecule has 1 fully saturated rings. The molecule has 0 bridgehead atoms. The Balaban J connectivity index is 2.10. The fraction of sp³-hybridized carbons (Fsp3) is 0.538. The molecule has 0 saturated carbocycles. The lowest BCUT2D eigenvalue weighted by Crippen LogP contribution is -2.34. The van der Waals surface area contributed by atoms with Crippen molar-refractivity contribution in [3.8, 4) is 5.75 Å². The highest BCUT2D eigenvalue weighted by atomic mass is 32.2. The third kappa shape index (κ3) is 3.26. The lowest BCUT2D eigenvalue weighted by Gasteiger charge is -2.20. The molecule has 6 heteroatoms. The second kappa shape index (κ2) is 5.90. The molecule has 0 N–H and O–H groups in total. The molecule has 1 unspecified atom stereocenters. The zero-order valence-corrected chi connectivity index (χ0v) is 12.0. The van der Waals surface area contributed by atoms with Crippen LogP contribution in [0, 0.1) is 0 Å². The molecular formula is C13H19NO4S. The van der Waals surface area contributed by atoms with Gasteiger partial charge in [-0.05, 0) is 37.1 Å². The van der Waals surface area contributed by atoms with Crippen molar-refractivity contribution >= 4 is 10.0 Å². The van der Waals surface area contributed by atoms with Crippen LogP contribution in [-0.4, -0.2) is 46.1 Å². The van der Waals surface area contributed by atoms with Crippen LogP contribution in [0.5, 0.6) is 5.75 Å². The number of likely N-dealkylation sites (N-methyl/N-ethyl adjacent to an activating group) is 1. The third-order valence-electron chi connectivity index (χ3n) is 3.25. The maximum atomic E-state index is 12.3. The van der Waals surface area contributed by atoms with E-state index in [1.807, 2.05) is 0 Å². The molecule has 0 amide bonds. The summed E-state index contributed by atoms with van der Waals surface area (Å²) in [6, 6.07) is 6.40. The number of methoxy groups -OCH3 is 1. The van der Waals surface area contributed by atoms with Crippen LogP contribution in [0.15, 0.2) is 29.2 Å². The Hall–Kier alpha value is -1.11. The average molecular weight is 285 g/mol.